The molecule has 0 spiro atoms. The number of carbonyl (C=O) groups is 2. The number of hydrogen-bond acceptors (Lipinski definition) is 3. The van der Waals surface area contributed by atoms with Gasteiger partial charge in [-0.2, -0.15) is 10.1 Å². The van der Waals surface area contributed by atoms with Crippen LogP contribution in [-0.4, -0.2) is 23.0 Å². The van der Waals surface area contributed by atoms with Crippen molar-refractivity contribution >= 4 is 18.0 Å². The van der Waals surface area contributed by atoms with E-state index < -0.39 is 0 Å². The van der Waals surface area contributed by atoms with Crippen molar-refractivity contribution < 1.29 is 9.59 Å². The number of amides is 2. The van der Waals surface area contributed by atoms with Crippen LogP contribution in [0.25, 0.3) is 0 Å². The first-order valence-electron chi connectivity index (χ1n) is 4.24. The molecule has 0 saturated heterocycles. The third-order valence-electron chi connectivity index (χ3n) is 1.91. The van der Waals surface area contributed by atoms with Crippen molar-refractivity contribution in [1.82, 2.24) is 5.01 Å². The average Bonchev–Trinajstić information content (AvgIpc) is 2.65. The summed E-state index contributed by atoms with van der Waals surface area (Å²) in [6.07, 6.45) is 1.64. The quantitative estimate of drug-likeness (QED) is 0.618. The number of carbonyl (C=O) groups excluding carboxylic acids is 2. The summed E-state index contributed by atoms with van der Waals surface area (Å²) in [4.78, 5) is 22.8. The lowest BCUT2D eigenvalue weighted by Gasteiger charge is -2.08. The third kappa shape index (κ3) is 1.42. The molecule has 0 bridgehead atoms. The second kappa shape index (κ2) is 3.41. The van der Waals surface area contributed by atoms with Crippen molar-refractivity contribution in [1.29, 1.82) is 0 Å². The molecule has 1 aliphatic heterocycles. The van der Waals surface area contributed by atoms with Gasteiger partial charge in [0.05, 0.1) is 6.42 Å². The number of hydrogen-bond donors (Lipinski definition) is 0. The summed E-state index contributed by atoms with van der Waals surface area (Å²) >= 11 is 0. The van der Waals surface area contributed by atoms with Gasteiger partial charge in [0.15, 0.2) is 0 Å². The second-order valence-electron chi connectivity index (χ2n) is 2.88. The number of benzene rings is 1. The Kier molecular flexibility index (Phi) is 2.10. The Morgan fingerprint density at radius 2 is 2.00 bits per heavy atom. The first kappa shape index (κ1) is 8.62. The van der Waals surface area contributed by atoms with Gasteiger partial charge >= 0.3 is 0 Å². The molecular formula is C10H8N2O2. The zero-order valence-electron chi connectivity index (χ0n) is 7.38. The van der Waals surface area contributed by atoms with Crippen LogP contribution in [0.15, 0.2) is 35.4 Å². The third-order valence-corrected chi connectivity index (χ3v) is 1.91. The van der Waals surface area contributed by atoms with Gasteiger partial charge in [-0.1, -0.05) is 18.2 Å². The summed E-state index contributed by atoms with van der Waals surface area (Å²) in [5, 5.41) is 4.60. The van der Waals surface area contributed by atoms with Crippen LogP contribution in [0.1, 0.15) is 16.8 Å². The SMILES string of the molecule is O=C1CC=NN1C(=O)c1ccccc1. The van der Waals surface area contributed by atoms with Crippen molar-refractivity contribution in [2.75, 3.05) is 0 Å². The van der Waals surface area contributed by atoms with Gasteiger partial charge in [-0.3, -0.25) is 9.59 Å². The van der Waals surface area contributed by atoms with Gasteiger partial charge in [-0.25, -0.2) is 0 Å². The fraction of sp³-hybridized carbons (Fsp3) is 0.100. The Hall–Kier alpha value is -1.97. The maximum Gasteiger partial charge on any atom is 0.281 e. The maximum absolute atomic E-state index is 11.6. The lowest BCUT2D eigenvalue weighted by atomic mass is 10.2. The first-order valence-corrected chi connectivity index (χ1v) is 4.24. The molecule has 1 heterocycles. The zero-order valence-corrected chi connectivity index (χ0v) is 7.38. The molecule has 0 radical (unpaired) electrons. The molecule has 0 aromatic heterocycles. The monoisotopic (exact) mass is 188 g/mol. The molecular weight excluding hydrogens is 180 g/mol. The van der Waals surface area contributed by atoms with Crippen LogP contribution >= 0.6 is 0 Å². The highest BCUT2D eigenvalue weighted by atomic mass is 16.2. The average molecular weight is 188 g/mol. The van der Waals surface area contributed by atoms with Crippen LogP contribution in [0.5, 0.6) is 0 Å². The summed E-state index contributed by atoms with van der Waals surface area (Å²) in [5.41, 5.74) is 0.472. The minimum Gasteiger partial charge on any atom is -0.272 e. The van der Waals surface area contributed by atoms with E-state index >= 15 is 0 Å². The zero-order chi connectivity index (χ0) is 9.97. The normalized spacial score (nSPS) is 14.9. The molecule has 1 aromatic carbocycles. The molecule has 4 heteroatoms. The molecule has 1 aromatic rings. The Morgan fingerprint density at radius 1 is 1.29 bits per heavy atom. The van der Waals surface area contributed by atoms with E-state index in [-0.39, 0.29) is 18.2 Å². The highest BCUT2D eigenvalue weighted by Gasteiger charge is 2.24. The van der Waals surface area contributed by atoms with Crippen LogP contribution in [0.2, 0.25) is 0 Å². The molecule has 4 nitrogen and oxygen atoms in total. The highest BCUT2D eigenvalue weighted by Crippen LogP contribution is 2.09. The lowest BCUT2D eigenvalue weighted by molar-refractivity contribution is -0.126. The molecule has 0 saturated carbocycles. The minimum absolute atomic E-state index is 0.207. The number of nitrogens with zero attached hydrogens (tertiary/aromatic N) is 2. The van der Waals surface area contributed by atoms with Gasteiger partial charge in [0.2, 0.25) is 0 Å². The van der Waals surface area contributed by atoms with Crippen molar-refractivity contribution in [3.63, 3.8) is 0 Å². The fourth-order valence-corrected chi connectivity index (χ4v) is 1.22. The van der Waals surface area contributed by atoms with Crippen molar-refractivity contribution in [3.8, 4) is 0 Å². The fourth-order valence-electron chi connectivity index (χ4n) is 1.22. The number of rotatable bonds is 1. The predicted octanol–water partition coefficient (Wildman–Crippen LogP) is 1.04. The predicted molar refractivity (Wildman–Crippen MR) is 50.7 cm³/mol. The molecule has 0 aliphatic carbocycles. The van der Waals surface area contributed by atoms with E-state index in [2.05, 4.69) is 5.10 Å². The van der Waals surface area contributed by atoms with E-state index in [0.29, 0.717) is 5.56 Å². The number of imide groups is 1. The Bertz CT molecular complexity index is 398. The molecule has 0 atom stereocenters. The summed E-state index contributed by atoms with van der Waals surface area (Å²) in [7, 11) is 0. The van der Waals surface area contributed by atoms with Crippen LogP contribution < -0.4 is 0 Å². The lowest BCUT2D eigenvalue weighted by Crippen LogP contribution is -2.28. The van der Waals surface area contributed by atoms with Crippen LogP contribution in [-0.2, 0) is 4.79 Å². The standard InChI is InChI=1S/C10H8N2O2/c13-9-6-7-11-12(9)10(14)8-4-2-1-3-5-8/h1-5,7H,6H2. The molecule has 70 valence electrons. The van der Waals surface area contributed by atoms with Gasteiger partial charge in [-0.05, 0) is 12.1 Å². The Labute approximate surface area is 80.8 Å². The van der Waals surface area contributed by atoms with E-state index in [1.54, 1.807) is 24.3 Å². The smallest absolute Gasteiger partial charge is 0.272 e. The molecule has 2 amide bonds. The summed E-state index contributed by atoms with van der Waals surface area (Å²) in [5.74, 6) is -0.650. The second-order valence-corrected chi connectivity index (χ2v) is 2.88. The molecule has 1 aliphatic rings. The summed E-state index contributed by atoms with van der Waals surface area (Å²) in [6, 6.07) is 8.62. The molecule has 0 fully saturated rings. The van der Waals surface area contributed by atoms with E-state index in [1.807, 2.05) is 6.07 Å². The van der Waals surface area contributed by atoms with Crippen LogP contribution in [0, 0.1) is 0 Å². The van der Waals surface area contributed by atoms with Crippen molar-refractivity contribution in [3.05, 3.63) is 35.9 Å². The Morgan fingerprint density at radius 3 is 2.57 bits per heavy atom. The Balaban J connectivity index is 2.25. The topological polar surface area (TPSA) is 49.7 Å². The van der Waals surface area contributed by atoms with Gasteiger partial charge < -0.3 is 0 Å². The summed E-state index contributed by atoms with van der Waals surface area (Å²) < 4.78 is 0. The molecule has 14 heavy (non-hydrogen) atoms. The largest absolute Gasteiger partial charge is 0.281 e. The molecule has 0 N–H and O–H groups in total. The van der Waals surface area contributed by atoms with Gasteiger partial charge in [0.1, 0.15) is 0 Å². The van der Waals surface area contributed by atoms with Gasteiger partial charge in [0.25, 0.3) is 11.8 Å². The van der Waals surface area contributed by atoms with Crippen molar-refractivity contribution in [2.45, 2.75) is 6.42 Å². The van der Waals surface area contributed by atoms with Crippen LogP contribution in [0.3, 0.4) is 0 Å². The maximum atomic E-state index is 11.6. The van der Waals surface area contributed by atoms with E-state index in [1.165, 1.54) is 6.21 Å². The highest BCUT2D eigenvalue weighted by molar-refractivity contribution is 6.09. The summed E-state index contributed by atoms with van der Waals surface area (Å²) in [6.45, 7) is 0. The van der Waals surface area contributed by atoms with E-state index in [4.69, 9.17) is 0 Å². The molecule has 0 unspecified atom stereocenters. The van der Waals surface area contributed by atoms with Gasteiger partial charge in [-0.15, -0.1) is 0 Å². The molecule has 2 rings (SSSR count). The van der Waals surface area contributed by atoms with Gasteiger partial charge in [0, 0.05) is 11.8 Å². The number of hydrazone groups is 1. The van der Waals surface area contributed by atoms with E-state index in [0.717, 1.165) is 5.01 Å². The van der Waals surface area contributed by atoms with E-state index in [9.17, 15) is 9.59 Å². The first-order chi connectivity index (χ1) is 6.79. The van der Waals surface area contributed by atoms with Crippen molar-refractivity contribution in [2.24, 2.45) is 5.10 Å². The van der Waals surface area contributed by atoms with Crippen LogP contribution in [0.4, 0.5) is 0 Å². The minimum atomic E-state index is -0.371.